The molecule has 0 saturated heterocycles. The molecule has 3 aliphatic rings. The van der Waals surface area contributed by atoms with E-state index in [-0.39, 0.29) is 40.1 Å². The predicted molar refractivity (Wildman–Crippen MR) is 147 cm³/mol. The molecule has 2 aromatic rings. The minimum absolute atomic E-state index is 0.0263. The van der Waals surface area contributed by atoms with E-state index in [1.807, 2.05) is 0 Å². The summed E-state index contributed by atoms with van der Waals surface area (Å²) in [4.78, 5) is 38.3. The van der Waals surface area contributed by atoms with Crippen molar-refractivity contribution in [1.82, 2.24) is 5.32 Å². The van der Waals surface area contributed by atoms with E-state index in [0.717, 1.165) is 24.6 Å². The molecule has 2 amide bonds. The number of benzene rings is 2. The van der Waals surface area contributed by atoms with Gasteiger partial charge in [-0.3, -0.25) is 14.4 Å². The van der Waals surface area contributed by atoms with Gasteiger partial charge in [-0.1, -0.05) is 0 Å². The third-order valence-electron chi connectivity index (χ3n) is 8.99. The first-order chi connectivity index (χ1) is 20.9. The van der Waals surface area contributed by atoms with Crippen LogP contribution in [0.25, 0.3) is 0 Å². The molecule has 3 fully saturated rings. The van der Waals surface area contributed by atoms with Gasteiger partial charge in [0.1, 0.15) is 5.75 Å². The van der Waals surface area contributed by atoms with Crippen LogP contribution in [0.5, 0.6) is 11.5 Å². The predicted octanol–water partition coefficient (Wildman–Crippen LogP) is 5.53. The summed E-state index contributed by atoms with van der Waals surface area (Å²) in [5.41, 5.74) is -1.53. The fourth-order valence-corrected chi connectivity index (χ4v) is 6.84. The lowest BCUT2D eigenvalue weighted by Gasteiger charge is -2.31. The topological polar surface area (TPSA) is 138 Å². The van der Waals surface area contributed by atoms with Crippen LogP contribution in [0, 0.1) is 40.8 Å². The fourth-order valence-electron chi connectivity index (χ4n) is 6.84. The number of rotatable bonds is 8. The van der Waals surface area contributed by atoms with Crippen LogP contribution in [0.1, 0.15) is 66.4 Å². The Morgan fingerprint density at radius 3 is 2.32 bits per heavy atom. The molecule has 2 bridgehead atoms. The zero-order chi connectivity index (χ0) is 31.8. The van der Waals surface area contributed by atoms with Crippen LogP contribution in [0.3, 0.4) is 0 Å². The highest BCUT2D eigenvalue weighted by atomic mass is 19.4. The molecule has 3 aliphatic carbocycles. The van der Waals surface area contributed by atoms with Crippen LogP contribution in [0.15, 0.2) is 30.3 Å². The number of carbonyl (C=O) groups is 3. The second kappa shape index (κ2) is 12.3. The lowest BCUT2D eigenvalue weighted by atomic mass is 9.83. The van der Waals surface area contributed by atoms with E-state index in [2.05, 4.69) is 10.6 Å². The van der Waals surface area contributed by atoms with Gasteiger partial charge in [0.25, 0.3) is 5.91 Å². The highest BCUT2D eigenvalue weighted by Crippen LogP contribution is 2.49. The fraction of sp³-hybridized carbons (Fsp3) is 0.484. The molecule has 0 radical (unpaired) electrons. The zero-order valence-corrected chi connectivity index (χ0v) is 23.7. The molecule has 3 saturated carbocycles. The summed E-state index contributed by atoms with van der Waals surface area (Å²) < 4.78 is 66.1. The maximum absolute atomic E-state index is 14.9. The number of nitrogens with zero attached hydrogens (tertiary/aromatic N) is 1. The Hall–Kier alpha value is -4.34. The number of aliphatic carboxylic acids is 1. The molecule has 9 nitrogen and oxygen atoms in total. The van der Waals surface area contributed by atoms with Crippen LogP contribution in [0.2, 0.25) is 0 Å². The van der Waals surface area contributed by atoms with E-state index >= 15 is 0 Å². The number of alkyl halides is 3. The van der Waals surface area contributed by atoms with E-state index < -0.39 is 59.3 Å². The van der Waals surface area contributed by atoms with E-state index in [4.69, 9.17) is 9.47 Å². The van der Waals surface area contributed by atoms with Crippen LogP contribution >= 0.6 is 0 Å². The quantitative estimate of drug-likeness (QED) is 0.331. The van der Waals surface area contributed by atoms with Crippen molar-refractivity contribution in [3.05, 3.63) is 52.8 Å². The molecule has 234 valence electrons. The maximum Gasteiger partial charge on any atom is 0.416 e. The Bertz CT molecular complexity index is 1500. The van der Waals surface area contributed by atoms with Gasteiger partial charge in [0.15, 0.2) is 11.6 Å². The summed E-state index contributed by atoms with van der Waals surface area (Å²) in [5.74, 6) is -4.48. The summed E-state index contributed by atoms with van der Waals surface area (Å²) >= 11 is 0. The third kappa shape index (κ3) is 6.44. The summed E-state index contributed by atoms with van der Waals surface area (Å²) in [6.07, 6.45) is -1.46. The lowest BCUT2D eigenvalue weighted by molar-refractivity contribution is -0.143. The molecule has 0 unspecified atom stereocenters. The number of nitriles is 1. The molecule has 0 aliphatic heterocycles. The normalized spacial score (nSPS) is 26.0. The van der Waals surface area contributed by atoms with Crippen LogP contribution < -0.4 is 20.1 Å². The zero-order valence-electron chi connectivity index (χ0n) is 23.7. The Kier molecular flexibility index (Phi) is 8.72. The first-order valence-corrected chi connectivity index (χ1v) is 14.4. The number of ether oxygens (including phenoxy) is 2. The first-order valence-electron chi connectivity index (χ1n) is 14.4. The molecule has 0 heterocycles. The minimum Gasteiger partial charge on any atom is -0.496 e. The minimum atomic E-state index is -4.72. The van der Waals surface area contributed by atoms with Gasteiger partial charge in [0.05, 0.1) is 47.8 Å². The van der Waals surface area contributed by atoms with Crippen LogP contribution in [0.4, 0.5) is 23.2 Å². The van der Waals surface area contributed by atoms with Gasteiger partial charge in [-0.05, 0) is 81.0 Å². The van der Waals surface area contributed by atoms with E-state index in [0.29, 0.717) is 44.6 Å². The number of fused-ring (bicyclic) bond motifs is 2. The number of hydrogen-bond acceptors (Lipinski definition) is 6. The van der Waals surface area contributed by atoms with Gasteiger partial charge in [-0.15, -0.1) is 0 Å². The maximum atomic E-state index is 14.9. The van der Waals surface area contributed by atoms with Crippen molar-refractivity contribution in [1.29, 1.82) is 5.26 Å². The molecule has 2 aromatic carbocycles. The van der Waals surface area contributed by atoms with Crippen molar-refractivity contribution in [2.45, 2.75) is 63.3 Å². The molecular formula is C31H31F4N3O6. The first kappa shape index (κ1) is 31.1. The second-order valence-electron chi connectivity index (χ2n) is 11.7. The molecule has 44 heavy (non-hydrogen) atoms. The summed E-state index contributed by atoms with van der Waals surface area (Å²) in [5, 5.41) is 23.8. The van der Waals surface area contributed by atoms with Crippen molar-refractivity contribution < 1.29 is 46.5 Å². The van der Waals surface area contributed by atoms with E-state index in [1.165, 1.54) is 13.2 Å². The number of methoxy groups -OCH3 is 1. The number of amides is 2. The average Bonchev–Trinajstić information content (AvgIpc) is 3.59. The molecule has 0 aromatic heterocycles. The second-order valence-corrected chi connectivity index (χ2v) is 11.7. The Morgan fingerprint density at radius 1 is 0.977 bits per heavy atom. The van der Waals surface area contributed by atoms with Gasteiger partial charge in [-0.25, -0.2) is 4.39 Å². The van der Waals surface area contributed by atoms with E-state index in [9.17, 15) is 42.3 Å². The number of carbonyl (C=O) groups excluding carboxylic acids is 2. The number of nitrogens with one attached hydrogen (secondary N) is 2. The molecule has 4 atom stereocenters. The summed E-state index contributed by atoms with van der Waals surface area (Å²) in [7, 11) is 1.28. The van der Waals surface area contributed by atoms with Gasteiger partial charge < -0.3 is 25.2 Å². The summed E-state index contributed by atoms with van der Waals surface area (Å²) in [6, 6.07) is 5.90. The molecular weight excluding hydrogens is 586 g/mol. The Balaban J connectivity index is 1.33. The SMILES string of the molecule is COc1cc(F)c(O[C@H]2CC[C@@H](C(=O)O)CC2)cc1C(=O)N[C@@H]1[C@H]2CC[C@H](C2)[C@@H]1C(=O)Nc1cc(C#N)cc(C(F)(F)F)c1. The number of carboxylic acid groups (broad SMARTS) is 1. The molecule has 13 heteroatoms. The smallest absolute Gasteiger partial charge is 0.416 e. The summed E-state index contributed by atoms with van der Waals surface area (Å²) in [6.45, 7) is 0. The van der Waals surface area contributed by atoms with Gasteiger partial charge in [0.2, 0.25) is 5.91 Å². The van der Waals surface area contributed by atoms with Gasteiger partial charge >= 0.3 is 12.1 Å². The monoisotopic (exact) mass is 617 g/mol. The van der Waals surface area contributed by atoms with Crippen molar-refractivity contribution in [2.24, 2.45) is 23.7 Å². The number of hydrogen-bond donors (Lipinski definition) is 3. The third-order valence-corrected chi connectivity index (χ3v) is 8.99. The Morgan fingerprint density at radius 2 is 1.68 bits per heavy atom. The molecule has 3 N–H and O–H groups in total. The lowest BCUT2D eigenvalue weighted by Crippen LogP contribution is -2.48. The standard InChI is InChI=1S/C31H31F4N3O6/c1-43-24-13-23(32)25(44-21-6-4-16(5-7-21)30(41)42)12-22(24)28(39)38-27-18-3-2-17(10-18)26(27)29(40)37-20-9-15(14-36)8-19(11-20)31(33,34)35/h8-9,11-13,16-18,21,26-27H,2-7,10H2,1H3,(H,37,40)(H,38,39)(H,41,42)/t16-,17-,18+,21+,26+,27-/m1/s1. The van der Waals surface area contributed by atoms with Gasteiger partial charge in [0, 0.05) is 17.8 Å². The van der Waals surface area contributed by atoms with Crippen LogP contribution in [-0.4, -0.2) is 42.1 Å². The van der Waals surface area contributed by atoms with Gasteiger partial charge in [-0.2, -0.15) is 18.4 Å². The van der Waals surface area contributed by atoms with Crippen molar-refractivity contribution >= 4 is 23.5 Å². The molecule has 5 rings (SSSR count). The number of carboxylic acids is 1. The number of anilines is 1. The van der Waals surface area contributed by atoms with Crippen molar-refractivity contribution in [2.75, 3.05) is 12.4 Å². The van der Waals surface area contributed by atoms with Crippen molar-refractivity contribution in [3.63, 3.8) is 0 Å². The highest BCUT2D eigenvalue weighted by molar-refractivity contribution is 5.99. The number of halogens is 4. The van der Waals surface area contributed by atoms with Crippen molar-refractivity contribution in [3.8, 4) is 17.6 Å². The van der Waals surface area contributed by atoms with Crippen LogP contribution in [-0.2, 0) is 15.8 Å². The van der Waals surface area contributed by atoms with E-state index in [1.54, 1.807) is 6.07 Å². The Labute approximate surface area is 250 Å². The highest BCUT2D eigenvalue weighted by Gasteiger charge is 2.51. The largest absolute Gasteiger partial charge is 0.496 e. The average molecular weight is 618 g/mol. The molecule has 0 spiro atoms.